The van der Waals surface area contributed by atoms with Crippen LogP contribution in [0.25, 0.3) is 0 Å². The van der Waals surface area contributed by atoms with E-state index in [9.17, 15) is 9.59 Å². The summed E-state index contributed by atoms with van der Waals surface area (Å²) in [5.41, 5.74) is 1.13. The Hall–Kier alpha value is -2.35. The highest BCUT2D eigenvalue weighted by Gasteiger charge is 2.13. The lowest BCUT2D eigenvalue weighted by atomic mass is 10.2. The van der Waals surface area contributed by atoms with Crippen molar-refractivity contribution in [2.45, 2.75) is 26.7 Å². The second-order valence-corrected chi connectivity index (χ2v) is 4.43. The lowest BCUT2D eigenvalue weighted by molar-refractivity contribution is -0.121. The van der Waals surface area contributed by atoms with Gasteiger partial charge in [0, 0.05) is 32.1 Å². The number of carbonyl (C=O) groups excluding carboxylic acids is 2. The molecule has 0 unspecified atom stereocenters. The van der Waals surface area contributed by atoms with Crippen molar-refractivity contribution in [2.75, 3.05) is 18.0 Å². The summed E-state index contributed by atoms with van der Waals surface area (Å²) in [4.78, 5) is 24.8. The van der Waals surface area contributed by atoms with E-state index in [1.165, 1.54) is 11.8 Å². The molecule has 20 heavy (non-hydrogen) atoms. The second-order valence-electron chi connectivity index (χ2n) is 4.43. The summed E-state index contributed by atoms with van der Waals surface area (Å²) in [6.07, 6.45) is 1.13. The molecule has 0 saturated heterocycles. The van der Waals surface area contributed by atoms with Crippen molar-refractivity contribution in [1.29, 1.82) is 5.26 Å². The maximum Gasteiger partial charge on any atom is 0.223 e. The zero-order valence-electron chi connectivity index (χ0n) is 11.8. The molecular weight excluding hydrogens is 254 g/mol. The van der Waals surface area contributed by atoms with Gasteiger partial charge in [0.15, 0.2) is 0 Å². The Morgan fingerprint density at radius 1 is 1.40 bits per heavy atom. The molecule has 5 heteroatoms. The van der Waals surface area contributed by atoms with Crippen LogP contribution < -0.4 is 10.2 Å². The van der Waals surface area contributed by atoms with Crippen molar-refractivity contribution in [3.63, 3.8) is 0 Å². The third-order valence-corrected chi connectivity index (χ3v) is 2.80. The van der Waals surface area contributed by atoms with Gasteiger partial charge in [0.2, 0.25) is 11.8 Å². The number of rotatable bonds is 6. The number of anilines is 1. The highest BCUT2D eigenvalue weighted by Crippen LogP contribution is 2.16. The zero-order valence-corrected chi connectivity index (χ0v) is 11.8. The Balaban J connectivity index is 2.72. The molecule has 0 fully saturated rings. The maximum atomic E-state index is 11.7. The van der Waals surface area contributed by atoms with Crippen molar-refractivity contribution in [2.24, 2.45) is 0 Å². The van der Waals surface area contributed by atoms with Crippen LogP contribution in [-0.4, -0.2) is 24.9 Å². The molecule has 0 radical (unpaired) electrons. The average Bonchev–Trinajstić information content (AvgIpc) is 2.45. The molecule has 0 aliphatic heterocycles. The standard InChI is InChI=1S/C15H19N3O2/c1-3-8-17-15(20)7-9-18(12(2)19)14-6-4-5-13(10-14)11-16/h4-6,10H,3,7-9H2,1-2H3,(H,17,20). The first-order valence-corrected chi connectivity index (χ1v) is 6.63. The Bertz CT molecular complexity index is 520. The van der Waals surface area contributed by atoms with Crippen LogP contribution in [0.4, 0.5) is 5.69 Å². The molecule has 1 N–H and O–H groups in total. The van der Waals surface area contributed by atoms with Crippen molar-refractivity contribution < 1.29 is 9.59 Å². The van der Waals surface area contributed by atoms with E-state index >= 15 is 0 Å². The van der Waals surface area contributed by atoms with E-state index in [1.807, 2.05) is 13.0 Å². The highest BCUT2D eigenvalue weighted by atomic mass is 16.2. The summed E-state index contributed by atoms with van der Waals surface area (Å²) in [6.45, 7) is 4.38. The van der Waals surface area contributed by atoms with Gasteiger partial charge in [0.1, 0.15) is 0 Å². The van der Waals surface area contributed by atoms with E-state index in [1.54, 1.807) is 24.3 Å². The van der Waals surface area contributed by atoms with Gasteiger partial charge < -0.3 is 10.2 Å². The summed E-state index contributed by atoms with van der Waals surface area (Å²) < 4.78 is 0. The predicted octanol–water partition coefficient (Wildman–Crippen LogP) is 1.83. The Kier molecular flexibility index (Phi) is 6.24. The normalized spacial score (nSPS) is 9.65. The molecule has 1 aromatic carbocycles. The van der Waals surface area contributed by atoms with Crippen LogP contribution in [0, 0.1) is 11.3 Å². The van der Waals surface area contributed by atoms with Gasteiger partial charge in [-0.1, -0.05) is 13.0 Å². The van der Waals surface area contributed by atoms with Gasteiger partial charge in [0.05, 0.1) is 11.6 Å². The fourth-order valence-corrected chi connectivity index (χ4v) is 1.78. The van der Waals surface area contributed by atoms with E-state index in [-0.39, 0.29) is 18.2 Å². The van der Waals surface area contributed by atoms with Crippen LogP contribution >= 0.6 is 0 Å². The Labute approximate surface area is 119 Å². The summed E-state index contributed by atoms with van der Waals surface area (Å²) in [5.74, 6) is -0.224. The van der Waals surface area contributed by atoms with E-state index < -0.39 is 0 Å². The first-order valence-electron chi connectivity index (χ1n) is 6.63. The minimum atomic E-state index is -0.150. The van der Waals surface area contributed by atoms with E-state index in [2.05, 4.69) is 5.32 Å². The van der Waals surface area contributed by atoms with Crippen LogP contribution in [0.1, 0.15) is 32.3 Å². The molecule has 5 nitrogen and oxygen atoms in total. The van der Waals surface area contributed by atoms with Crippen LogP contribution in [-0.2, 0) is 9.59 Å². The zero-order chi connectivity index (χ0) is 15.0. The second kappa shape index (κ2) is 7.95. The van der Waals surface area contributed by atoms with Crippen LogP contribution in [0.15, 0.2) is 24.3 Å². The molecule has 0 spiro atoms. The summed E-state index contributed by atoms with van der Waals surface area (Å²) >= 11 is 0. The molecule has 0 bridgehead atoms. The Morgan fingerprint density at radius 3 is 2.75 bits per heavy atom. The van der Waals surface area contributed by atoms with Crippen molar-refractivity contribution in [3.8, 4) is 6.07 Å². The van der Waals surface area contributed by atoms with E-state index in [4.69, 9.17) is 5.26 Å². The van der Waals surface area contributed by atoms with Crippen LogP contribution in [0.2, 0.25) is 0 Å². The average molecular weight is 273 g/mol. The van der Waals surface area contributed by atoms with Gasteiger partial charge in [-0.2, -0.15) is 5.26 Å². The lowest BCUT2D eigenvalue weighted by Gasteiger charge is -2.21. The molecule has 1 rings (SSSR count). The minimum absolute atomic E-state index is 0.0745. The van der Waals surface area contributed by atoms with Gasteiger partial charge in [-0.3, -0.25) is 9.59 Å². The summed E-state index contributed by atoms with van der Waals surface area (Å²) in [5, 5.41) is 11.7. The number of amides is 2. The quantitative estimate of drug-likeness (QED) is 0.859. The molecule has 106 valence electrons. The fraction of sp³-hybridized carbons (Fsp3) is 0.400. The molecule has 2 amide bonds. The Morgan fingerprint density at radius 2 is 2.15 bits per heavy atom. The van der Waals surface area contributed by atoms with Gasteiger partial charge in [0.25, 0.3) is 0 Å². The molecule has 1 aromatic rings. The predicted molar refractivity (Wildman–Crippen MR) is 77.1 cm³/mol. The SMILES string of the molecule is CCCNC(=O)CCN(C(C)=O)c1cccc(C#N)c1. The van der Waals surface area contributed by atoms with Gasteiger partial charge in [-0.25, -0.2) is 0 Å². The summed E-state index contributed by atoms with van der Waals surface area (Å²) in [6, 6.07) is 8.84. The first kappa shape index (κ1) is 15.7. The van der Waals surface area contributed by atoms with Crippen molar-refractivity contribution >= 4 is 17.5 Å². The minimum Gasteiger partial charge on any atom is -0.356 e. The smallest absolute Gasteiger partial charge is 0.223 e. The number of hydrogen-bond acceptors (Lipinski definition) is 3. The molecule has 0 aromatic heterocycles. The number of nitrogens with one attached hydrogen (secondary N) is 1. The van der Waals surface area contributed by atoms with Crippen LogP contribution in [0.5, 0.6) is 0 Å². The van der Waals surface area contributed by atoms with Gasteiger partial charge in [-0.05, 0) is 24.6 Å². The fourth-order valence-electron chi connectivity index (χ4n) is 1.78. The highest BCUT2D eigenvalue weighted by molar-refractivity contribution is 5.92. The van der Waals surface area contributed by atoms with Gasteiger partial charge in [-0.15, -0.1) is 0 Å². The number of carbonyl (C=O) groups is 2. The van der Waals surface area contributed by atoms with Crippen molar-refractivity contribution in [3.05, 3.63) is 29.8 Å². The third kappa shape index (κ3) is 4.73. The van der Waals surface area contributed by atoms with Crippen LogP contribution in [0.3, 0.4) is 0 Å². The largest absolute Gasteiger partial charge is 0.356 e. The molecule has 0 saturated carbocycles. The topological polar surface area (TPSA) is 73.2 Å². The van der Waals surface area contributed by atoms with E-state index in [0.29, 0.717) is 24.3 Å². The third-order valence-electron chi connectivity index (χ3n) is 2.80. The summed E-state index contributed by atoms with van der Waals surface area (Å²) in [7, 11) is 0. The van der Waals surface area contributed by atoms with Crippen molar-refractivity contribution in [1.82, 2.24) is 5.32 Å². The molecule has 0 aliphatic carbocycles. The maximum absolute atomic E-state index is 11.7. The number of nitriles is 1. The molecule has 0 aliphatic rings. The first-order chi connectivity index (χ1) is 9.58. The molecule has 0 heterocycles. The molecular formula is C15H19N3O2. The molecule has 0 atom stereocenters. The lowest BCUT2D eigenvalue weighted by Crippen LogP contribution is -2.34. The number of nitrogens with zero attached hydrogens (tertiary/aromatic N) is 2. The van der Waals surface area contributed by atoms with E-state index in [0.717, 1.165) is 6.42 Å². The monoisotopic (exact) mass is 273 g/mol. The number of hydrogen-bond donors (Lipinski definition) is 1. The number of benzene rings is 1. The van der Waals surface area contributed by atoms with Gasteiger partial charge >= 0.3 is 0 Å².